The lowest BCUT2D eigenvalue weighted by molar-refractivity contribution is 0.568. The highest BCUT2D eigenvalue weighted by atomic mass is 35.5. The third-order valence-corrected chi connectivity index (χ3v) is 4.28. The van der Waals surface area contributed by atoms with Crippen LogP contribution in [-0.2, 0) is 0 Å². The molecule has 0 saturated carbocycles. The van der Waals surface area contributed by atoms with Crippen molar-refractivity contribution in [2.24, 2.45) is 0 Å². The minimum Gasteiger partial charge on any atom is -0.472 e. The molecule has 0 radical (unpaired) electrons. The van der Waals surface area contributed by atoms with E-state index in [1.165, 1.54) is 0 Å². The number of furan rings is 1. The number of nitrogens with zero attached hydrogens (tertiary/aromatic N) is 1. The van der Waals surface area contributed by atoms with E-state index in [1.807, 2.05) is 37.5 Å². The number of pyridine rings is 1. The molecule has 3 nitrogen and oxygen atoms in total. The van der Waals surface area contributed by atoms with Crippen molar-refractivity contribution in [3.05, 3.63) is 65.8 Å². The minimum absolute atomic E-state index is 0.776. The lowest BCUT2D eigenvalue weighted by Crippen LogP contribution is -1.84. The monoisotopic (exact) mass is 308 g/mol. The molecule has 4 aromatic rings. The topological polar surface area (TPSA) is 41.8 Å². The number of hydrogen-bond donors (Lipinski definition) is 1. The average Bonchev–Trinajstić information content (AvgIpc) is 3.17. The molecular weight excluding hydrogens is 296 g/mol. The Bertz CT molecular complexity index is 955. The van der Waals surface area contributed by atoms with E-state index in [9.17, 15) is 0 Å². The van der Waals surface area contributed by atoms with Crippen LogP contribution < -0.4 is 0 Å². The van der Waals surface area contributed by atoms with Gasteiger partial charge in [-0.1, -0.05) is 17.7 Å². The second-order valence-electron chi connectivity index (χ2n) is 5.30. The Morgan fingerprint density at radius 2 is 2.00 bits per heavy atom. The summed E-state index contributed by atoms with van der Waals surface area (Å²) in [5, 5.41) is 1.85. The summed E-state index contributed by atoms with van der Waals surface area (Å²) in [6, 6.07) is 10.1. The van der Waals surface area contributed by atoms with Gasteiger partial charge in [0.25, 0.3) is 0 Å². The van der Waals surface area contributed by atoms with E-state index in [-0.39, 0.29) is 0 Å². The Balaban J connectivity index is 1.89. The van der Waals surface area contributed by atoms with Gasteiger partial charge < -0.3 is 9.40 Å². The molecule has 1 N–H and O–H groups in total. The third-order valence-electron chi connectivity index (χ3n) is 3.85. The molecule has 22 heavy (non-hydrogen) atoms. The van der Waals surface area contributed by atoms with E-state index in [4.69, 9.17) is 16.0 Å². The van der Waals surface area contributed by atoms with Gasteiger partial charge >= 0.3 is 0 Å². The summed E-state index contributed by atoms with van der Waals surface area (Å²) in [5.41, 5.74) is 6.22. The largest absolute Gasteiger partial charge is 0.472 e. The van der Waals surface area contributed by atoms with E-state index >= 15 is 0 Å². The third kappa shape index (κ3) is 2.11. The molecule has 0 fully saturated rings. The highest BCUT2D eigenvalue weighted by Crippen LogP contribution is 2.32. The molecule has 4 heteroatoms. The van der Waals surface area contributed by atoms with Gasteiger partial charge in [-0.2, -0.15) is 0 Å². The van der Waals surface area contributed by atoms with Crippen molar-refractivity contribution in [1.29, 1.82) is 0 Å². The quantitative estimate of drug-likeness (QED) is 0.535. The summed E-state index contributed by atoms with van der Waals surface area (Å²) in [6.45, 7) is 2.00. The first kappa shape index (κ1) is 13.2. The summed E-state index contributed by atoms with van der Waals surface area (Å²) >= 11 is 6.11. The average molecular weight is 309 g/mol. The SMILES string of the molecule is Cc1cc(-c2cnc3[nH]cc(-c4ccoc4)c3c2)ccc1Cl. The zero-order chi connectivity index (χ0) is 15.1. The maximum atomic E-state index is 6.11. The molecule has 4 rings (SSSR count). The van der Waals surface area contributed by atoms with Crippen molar-refractivity contribution >= 4 is 22.6 Å². The van der Waals surface area contributed by atoms with Gasteiger partial charge in [-0.3, -0.25) is 0 Å². The molecular formula is C18H13ClN2O. The summed E-state index contributed by atoms with van der Waals surface area (Å²) in [5.74, 6) is 0. The lowest BCUT2D eigenvalue weighted by Gasteiger charge is -2.05. The predicted octanol–water partition coefficient (Wildman–Crippen LogP) is 5.45. The number of halogens is 1. The summed E-state index contributed by atoms with van der Waals surface area (Å²) in [7, 11) is 0. The fourth-order valence-electron chi connectivity index (χ4n) is 2.64. The van der Waals surface area contributed by atoms with Crippen LogP contribution in [0.2, 0.25) is 5.02 Å². The Kier molecular flexibility index (Phi) is 3.01. The standard InChI is InChI=1S/C18H13ClN2O/c1-11-6-12(2-3-17(11)19)14-7-15-16(13-4-5-22-10-13)9-21-18(15)20-8-14/h2-10H,1H3,(H,20,21). The van der Waals surface area contributed by atoms with Crippen LogP contribution >= 0.6 is 11.6 Å². The van der Waals surface area contributed by atoms with Crippen molar-refractivity contribution < 1.29 is 4.42 Å². The van der Waals surface area contributed by atoms with Crippen LogP contribution in [0.15, 0.2) is 59.7 Å². The molecule has 0 aliphatic heterocycles. The van der Waals surface area contributed by atoms with Gasteiger partial charge in [0.05, 0.1) is 12.5 Å². The van der Waals surface area contributed by atoms with Gasteiger partial charge in [-0.05, 0) is 42.3 Å². The first-order valence-electron chi connectivity index (χ1n) is 6.98. The second kappa shape index (κ2) is 5.04. The van der Waals surface area contributed by atoms with Crippen molar-refractivity contribution in [2.45, 2.75) is 6.92 Å². The van der Waals surface area contributed by atoms with Crippen LogP contribution in [0, 0.1) is 6.92 Å². The second-order valence-corrected chi connectivity index (χ2v) is 5.71. The van der Waals surface area contributed by atoms with Crippen LogP contribution in [-0.4, -0.2) is 9.97 Å². The summed E-state index contributed by atoms with van der Waals surface area (Å²) in [6.07, 6.45) is 7.25. The van der Waals surface area contributed by atoms with Crippen LogP contribution in [0.5, 0.6) is 0 Å². The van der Waals surface area contributed by atoms with E-state index in [0.717, 1.165) is 43.9 Å². The van der Waals surface area contributed by atoms with Gasteiger partial charge in [-0.25, -0.2) is 4.98 Å². The van der Waals surface area contributed by atoms with Gasteiger partial charge in [0.1, 0.15) is 5.65 Å². The van der Waals surface area contributed by atoms with Crippen LogP contribution in [0.4, 0.5) is 0 Å². The maximum Gasteiger partial charge on any atom is 0.137 e. The van der Waals surface area contributed by atoms with Crippen LogP contribution in [0.3, 0.4) is 0 Å². The van der Waals surface area contributed by atoms with Gasteiger partial charge in [-0.15, -0.1) is 0 Å². The smallest absolute Gasteiger partial charge is 0.137 e. The number of aromatic nitrogens is 2. The molecule has 1 aromatic carbocycles. The number of hydrogen-bond acceptors (Lipinski definition) is 2. The number of nitrogens with one attached hydrogen (secondary N) is 1. The zero-order valence-electron chi connectivity index (χ0n) is 11.9. The van der Waals surface area contributed by atoms with E-state index in [0.29, 0.717) is 0 Å². The van der Waals surface area contributed by atoms with E-state index in [1.54, 1.807) is 12.5 Å². The van der Waals surface area contributed by atoms with Crippen molar-refractivity contribution in [3.63, 3.8) is 0 Å². The van der Waals surface area contributed by atoms with E-state index < -0.39 is 0 Å². The van der Waals surface area contributed by atoms with Crippen LogP contribution in [0.1, 0.15) is 5.56 Å². The molecule has 0 aliphatic rings. The van der Waals surface area contributed by atoms with Crippen molar-refractivity contribution in [2.75, 3.05) is 0 Å². The minimum atomic E-state index is 0.776. The fraction of sp³-hybridized carbons (Fsp3) is 0.0556. The maximum absolute atomic E-state index is 6.11. The molecule has 108 valence electrons. The molecule has 3 heterocycles. The van der Waals surface area contributed by atoms with Crippen molar-refractivity contribution in [3.8, 4) is 22.3 Å². The number of fused-ring (bicyclic) bond motifs is 1. The molecule has 0 bridgehead atoms. The Morgan fingerprint density at radius 3 is 2.77 bits per heavy atom. The van der Waals surface area contributed by atoms with E-state index in [2.05, 4.69) is 22.1 Å². The zero-order valence-corrected chi connectivity index (χ0v) is 12.7. The number of rotatable bonds is 2. The first-order valence-corrected chi connectivity index (χ1v) is 7.36. The summed E-state index contributed by atoms with van der Waals surface area (Å²) < 4.78 is 5.18. The molecule has 0 amide bonds. The fourth-order valence-corrected chi connectivity index (χ4v) is 2.76. The lowest BCUT2D eigenvalue weighted by atomic mass is 10.0. The highest BCUT2D eigenvalue weighted by molar-refractivity contribution is 6.31. The molecule has 0 unspecified atom stereocenters. The Hall–Kier alpha value is -2.52. The Labute approximate surface area is 132 Å². The molecule has 0 atom stereocenters. The van der Waals surface area contributed by atoms with Crippen molar-refractivity contribution in [1.82, 2.24) is 9.97 Å². The highest BCUT2D eigenvalue weighted by Gasteiger charge is 2.10. The number of aryl methyl sites for hydroxylation is 1. The summed E-state index contributed by atoms with van der Waals surface area (Å²) in [4.78, 5) is 7.72. The van der Waals surface area contributed by atoms with Gasteiger partial charge in [0.15, 0.2) is 0 Å². The first-order chi connectivity index (χ1) is 10.7. The molecule has 0 saturated heterocycles. The molecule has 0 spiro atoms. The van der Waals surface area contributed by atoms with Crippen LogP contribution in [0.25, 0.3) is 33.3 Å². The Morgan fingerprint density at radius 1 is 1.09 bits per heavy atom. The molecule has 3 aromatic heterocycles. The van der Waals surface area contributed by atoms with Gasteiger partial charge in [0.2, 0.25) is 0 Å². The number of benzene rings is 1. The van der Waals surface area contributed by atoms with Gasteiger partial charge in [0, 0.05) is 39.5 Å². The normalized spacial score (nSPS) is 11.2. The number of H-pyrrole nitrogens is 1. The molecule has 0 aliphatic carbocycles. The predicted molar refractivity (Wildman–Crippen MR) is 89.0 cm³/mol. The number of aromatic amines is 1.